The maximum Gasteiger partial charge on any atom is 0.266 e. The standard InChI is InChI=1S/C23H21N3O4S2/c27-23(25-28)22(19-6-2-1-3-7-19)26(15-18-5-4-11-24-14-18)32(29,30)16-17-8-9-21-20(13-17)10-12-31-21/h1-14,22,28H,15-16H2,(H,25,27)/t22-/m1/s1. The van der Waals surface area contributed by atoms with Crippen molar-refractivity contribution in [3.05, 3.63) is 101 Å². The summed E-state index contributed by atoms with van der Waals surface area (Å²) in [5, 5.41) is 12.3. The molecule has 4 rings (SSSR count). The molecule has 2 aromatic heterocycles. The first-order valence-electron chi connectivity index (χ1n) is 9.81. The number of pyridine rings is 1. The summed E-state index contributed by atoms with van der Waals surface area (Å²) >= 11 is 1.58. The Bertz CT molecular complexity index is 1310. The fraction of sp³-hybridized carbons (Fsp3) is 0.130. The van der Waals surface area contributed by atoms with Crippen molar-refractivity contribution in [3.8, 4) is 0 Å². The van der Waals surface area contributed by atoms with Gasteiger partial charge in [-0.05, 0) is 51.7 Å². The fourth-order valence-corrected chi connectivity index (χ4v) is 5.99. The van der Waals surface area contributed by atoms with Crippen LogP contribution in [0.25, 0.3) is 10.1 Å². The van der Waals surface area contributed by atoms with Crippen LogP contribution >= 0.6 is 11.3 Å². The van der Waals surface area contributed by atoms with E-state index in [-0.39, 0.29) is 12.3 Å². The molecule has 2 N–H and O–H groups in total. The van der Waals surface area contributed by atoms with Crippen LogP contribution in [0.2, 0.25) is 0 Å². The summed E-state index contributed by atoms with van der Waals surface area (Å²) in [5.41, 5.74) is 3.31. The molecule has 1 amide bonds. The van der Waals surface area contributed by atoms with E-state index < -0.39 is 22.0 Å². The summed E-state index contributed by atoms with van der Waals surface area (Å²) in [6.07, 6.45) is 3.15. The molecule has 0 saturated carbocycles. The third-order valence-corrected chi connectivity index (χ3v) is 7.70. The number of carbonyl (C=O) groups excluding carboxylic acids is 1. The van der Waals surface area contributed by atoms with Gasteiger partial charge in [0.25, 0.3) is 5.91 Å². The Morgan fingerprint density at radius 2 is 1.88 bits per heavy atom. The van der Waals surface area contributed by atoms with Gasteiger partial charge in [0.2, 0.25) is 10.0 Å². The van der Waals surface area contributed by atoms with E-state index in [0.717, 1.165) is 14.4 Å². The van der Waals surface area contributed by atoms with Crippen LogP contribution in [0.15, 0.2) is 84.5 Å². The van der Waals surface area contributed by atoms with Crippen molar-refractivity contribution in [2.75, 3.05) is 0 Å². The van der Waals surface area contributed by atoms with E-state index in [9.17, 15) is 18.4 Å². The zero-order valence-corrected chi connectivity index (χ0v) is 18.6. The number of rotatable bonds is 8. The van der Waals surface area contributed by atoms with E-state index >= 15 is 0 Å². The molecule has 0 aliphatic rings. The minimum absolute atomic E-state index is 0.0795. The molecule has 4 aromatic rings. The van der Waals surface area contributed by atoms with Crippen molar-refractivity contribution in [2.45, 2.75) is 18.3 Å². The van der Waals surface area contributed by atoms with Crippen LogP contribution in [-0.2, 0) is 27.1 Å². The number of hydrogen-bond acceptors (Lipinski definition) is 6. The Morgan fingerprint density at radius 3 is 2.59 bits per heavy atom. The molecule has 32 heavy (non-hydrogen) atoms. The van der Waals surface area contributed by atoms with Crippen LogP contribution in [0.3, 0.4) is 0 Å². The summed E-state index contributed by atoms with van der Waals surface area (Å²) in [4.78, 5) is 16.8. The second kappa shape index (κ2) is 9.58. The smallest absolute Gasteiger partial charge is 0.266 e. The molecule has 2 heterocycles. The number of sulfonamides is 1. The highest BCUT2D eigenvalue weighted by atomic mass is 32.2. The van der Waals surface area contributed by atoms with Gasteiger partial charge in [-0.3, -0.25) is 15.0 Å². The molecule has 9 heteroatoms. The number of nitrogens with zero attached hydrogens (tertiary/aromatic N) is 2. The van der Waals surface area contributed by atoms with Gasteiger partial charge in [-0.25, -0.2) is 13.9 Å². The Kier molecular flexibility index (Phi) is 6.61. The van der Waals surface area contributed by atoms with E-state index in [0.29, 0.717) is 16.7 Å². The summed E-state index contributed by atoms with van der Waals surface area (Å²) < 4.78 is 29.5. The van der Waals surface area contributed by atoms with E-state index in [4.69, 9.17) is 0 Å². The molecule has 0 bridgehead atoms. The number of benzene rings is 2. The normalized spacial score (nSPS) is 12.7. The molecule has 7 nitrogen and oxygen atoms in total. The second-order valence-corrected chi connectivity index (χ2v) is 10.1. The highest BCUT2D eigenvalue weighted by Gasteiger charge is 2.36. The lowest BCUT2D eigenvalue weighted by Gasteiger charge is -2.30. The van der Waals surface area contributed by atoms with E-state index in [1.165, 1.54) is 0 Å². The van der Waals surface area contributed by atoms with Crippen molar-refractivity contribution in [2.24, 2.45) is 0 Å². The number of carbonyl (C=O) groups is 1. The number of hydroxylamine groups is 1. The number of amides is 1. The van der Waals surface area contributed by atoms with Gasteiger partial charge < -0.3 is 0 Å². The Morgan fingerprint density at radius 1 is 1.06 bits per heavy atom. The quantitative estimate of drug-likeness (QED) is 0.303. The fourth-order valence-electron chi connectivity index (χ4n) is 3.57. The number of thiophene rings is 1. The predicted octanol–water partition coefficient (Wildman–Crippen LogP) is 3.88. The zero-order chi connectivity index (χ0) is 22.6. The van der Waals surface area contributed by atoms with Gasteiger partial charge >= 0.3 is 0 Å². The summed E-state index contributed by atoms with van der Waals surface area (Å²) in [6, 6.07) is 18.2. The number of nitrogens with one attached hydrogen (secondary N) is 1. The van der Waals surface area contributed by atoms with Crippen molar-refractivity contribution in [3.63, 3.8) is 0 Å². The molecule has 0 fully saturated rings. The monoisotopic (exact) mass is 467 g/mol. The minimum Gasteiger partial charge on any atom is -0.289 e. The van der Waals surface area contributed by atoms with Gasteiger partial charge in [-0.15, -0.1) is 11.3 Å². The first-order valence-corrected chi connectivity index (χ1v) is 12.3. The van der Waals surface area contributed by atoms with Crippen LogP contribution in [0.4, 0.5) is 0 Å². The molecule has 0 saturated heterocycles. The van der Waals surface area contributed by atoms with Gasteiger partial charge in [0.15, 0.2) is 0 Å². The molecule has 0 aliphatic heterocycles. The topological polar surface area (TPSA) is 99.6 Å². The Hall–Kier alpha value is -3.11. The van der Waals surface area contributed by atoms with Crippen LogP contribution in [0, 0.1) is 0 Å². The number of aromatic nitrogens is 1. The summed E-state index contributed by atoms with van der Waals surface area (Å²) in [6.45, 7) is -0.0795. The molecule has 1 atom stereocenters. The molecule has 2 aromatic carbocycles. The van der Waals surface area contributed by atoms with E-state index in [1.807, 2.05) is 23.6 Å². The van der Waals surface area contributed by atoms with Crippen LogP contribution in [0.1, 0.15) is 22.7 Å². The first-order chi connectivity index (χ1) is 15.5. The summed E-state index contributed by atoms with van der Waals surface area (Å²) in [7, 11) is -3.99. The van der Waals surface area contributed by atoms with Crippen LogP contribution < -0.4 is 5.48 Å². The van der Waals surface area contributed by atoms with Crippen molar-refractivity contribution in [1.29, 1.82) is 0 Å². The van der Waals surface area contributed by atoms with Crippen LogP contribution in [-0.4, -0.2) is 28.8 Å². The van der Waals surface area contributed by atoms with Gasteiger partial charge in [0.1, 0.15) is 6.04 Å². The molecular formula is C23H21N3O4S2. The predicted molar refractivity (Wildman–Crippen MR) is 123 cm³/mol. The molecule has 0 unspecified atom stereocenters. The van der Waals surface area contributed by atoms with Crippen molar-refractivity contribution >= 4 is 37.4 Å². The molecule has 164 valence electrons. The SMILES string of the molecule is O=C(NO)[C@@H](c1ccccc1)N(Cc1cccnc1)S(=O)(=O)Cc1ccc2sccc2c1. The lowest BCUT2D eigenvalue weighted by atomic mass is 10.1. The first kappa shape index (κ1) is 22.1. The maximum atomic E-state index is 13.7. The van der Waals surface area contributed by atoms with Crippen LogP contribution in [0.5, 0.6) is 0 Å². The Balaban J connectivity index is 1.76. The number of hydrogen-bond donors (Lipinski definition) is 2. The average Bonchev–Trinajstić information content (AvgIpc) is 3.27. The number of fused-ring (bicyclic) bond motifs is 1. The van der Waals surface area contributed by atoms with Gasteiger partial charge in [0, 0.05) is 23.6 Å². The van der Waals surface area contributed by atoms with Gasteiger partial charge in [-0.2, -0.15) is 4.31 Å². The van der Waals surface area contributed by atoms with Gasteiger partial charge in [-0.1, -0.05) is 42.5 Å². The lowest BCUT2D eigenvalue weighted by molar-refractivity contribution is -0.133. The maximum absolute atomic E-state index is 13.7. The summed E-state index contributed by atoms with van der Waals surface area (Å²) in [5.74, 6) is -1.13. The molecular weight excluding hydrogens is 446 g/mol. The molecule has 0 radical (unpaired) electrons. The zero-order valence-electron chi connectivity index (χ0n) is 17.0. The van der Waals surface area contributed by atoms with E-state index in [1.54, 1.807) is 77.7 Å². The highest BCUT2D eigenvalue weighted by molar-refractivity contribution is 7.88. The average molecular weight is 468 g/mol. The second-order valence-electron chi connectivity index (χ2n) is 7.24. The lowest BCUT2D eigenvalue weighted by Crippen LogP contribution is -2.43. The third kappa shape index (κ3) is 4.86. The van der Waals surface area contributed by atoms with E-state index in [2.05, 4.69) is 4.98 Å². The largest absolute Gasteiger partial charge is 0.289 e. The molecule has 0 aliphatic carbocycles. The van der Waals surface area contributed by atoms with Crippen molar-refractivity contribution in [1.82, 2.24) is 14.8 Å². The molecule has 0 spiro atoms. The Labute approximate surface area is 190 Å². The third-order valence-electron chi connectivity index (χ3n) is 5.05. The minimum atomic E-state index is -3.99. The van der Waals surface area contributed by atoms with Crippen molar-refractivity contribution < 1.29 is 18.4 Å². The van der Waals surface area contributed by atoms with Gasteiger partial charge in [0.05, 0.1) is 5.75 Å². The highest BCUT2D eigenvalue weighted by Crippen LogP contribution is 2.29.